The first kappa shape index (κ1) is 20.8. The summed E-state index contributed by atoms with van der Waals surface area (Å²) >= 11 is 4.76. The van der Waals surface area contributed by atoms with Crippen LogP contribution in [0.4, 0.5) is 5.69 Å². The molecule has 31 heavy (non-hydrogen) atoms. The summed E-state index contributed by atoms with van der Waals surface area (Å²) in [7, 11) is 1.53. The van der Waals surface area contributed by atoms with Crippen LogP contribution in [0, 0.1) is 11.3 Å². The molecular weight excluding hydrogens is 480 g/mol. The van der Waals surface area contributed by atoms with Gasteiger partial charge in [0.25, 0.3) is 11.7 Å². The Bertz CT molecular complexity index is 1240. The smallest absolute Gasteiger partial charge is 0.300 e. The van der Waals surface area contributed by atoms with Crippen molar-refractivity contribution in [3.8, 4) is 11.8 Å². The summed E-state index contributed by atoms with van der Waals surface area (Å²) in [5, 5.41) is 22.0. The number of rotatable bonds is 4. The zero-order valence-electron chi connectivity index (χ0n) is 16.2. The van der Waals surface area contributed by atoms with E-state index in [0.29, 0.717) is 27.0 Å². The minimum absolute atomic E-state index is 0.00822. The number of ketones is 1. The van der Waals surface area contributed by atoms with Crippen LogP contribution in [0.15, 0.2) is 70.0 Å². The summed E-state index contributed by atoms with van der Waals surface area (Å²) < 4.78 is 5.83. The van der Waals surface area contributed by atoms with Gasteiger partial charge >= 0.3 is 0 Å². The molecule has 1 fully saturated rings. The molecule has 0 saturated carbocycles. The van der Waals surface area contributed by atoms with Crippen LogP contribution in [0.1, 0.15) is 22.0 Å². The monoisotopic (exact) mass is 494 g/mol. The van der Waals surface area contributed by atoms with Gasteiger partial charge in [-0.3, -0.25) is 14.5 Å². The normalized spacial score (nSPS) is 17.6. The number of ether oxygens (including phenoxy) is 1. The van der Waals surface area contributed by atoms with Gasteiger partial charge in [-0.25, -0.2) is 0 Å². The number of hydrogen-bond acceptors (Lipinski definition) is 6. The summed E-state index contributed by atoms with van der Waals surface area (Å²) in [6, 6.07) is 16.2. The molecule has 0 spiro atoms. The first-order chi connectivity index (χ1) is 15.0. The Hall–Kier alpha value is -3.41. The lowest BCUT2D eigenvalue weighted by molar-refractivity contribution is -0.132. The average Bonchev–Trinajstić information content (AvgIpc) is 3.40. The van der Waals surface area contributed by atoms with Gasteiger partial charge in [-0.05, 0) is 69.8 Å². The minimum Gasteiger partial charge on any atom is -0.507 e. The van der Waals surface area contributed by atoms with Gasteiger partial charge in [0.1, 0.15) is 17.6 Å². The number of thiophene rings is 1. The molecule has 6 nitrogen and oxygen atoms in total. The van der Waals surface area contributed by atoms with Crippen LogP contribution < -0.4 is 9.64 Å². The van der Waals surface area contributed by atoms with Crippen molar-refractivity contribution in [1.29, 1.82) is 5.26 Å². The third-order valence-corrected chi connectivity index (χ3v) is 6.50. The second kappa shape index (κ2) is 8.38. The maximum atomic E-state index is 13.0. The lowest BCUT2D eigenvalue weighted by Gasteiger charge is -2.24. The minimum atomic E-state index is -0.784. The highest BCUT2D eigenvalue weighted by molar-refractivity contribution is 9.10. The van der Waals surface area contributed by atoms with Gasteiger partial charge in [-0.2, -0.15) is 5.26 Å². The Morgan fingerprint density at radius 2 is 1.94 bits per heavy atom. The van der Waals surface area contributed by atoms with E-state index in [2.05, 4.69) is 15.9 Å². The van der Waals surface area contributed by atoms with Crippen LogP contribution in [0.2, 0.25) is 0 Å². The molecule has 4 rings (SSSR count). The third kappa shape index (κ3) is 3.63. The van der Waals surface area contributed by atoms with Gasteiger partial charge < -0.3 is 9.84 Å². The maximum Gasteiger partial charge on any atom is 0.300 e. The van der Waals surface area contributed by atoms with E-state index in [0.717, 1.165) is 4.88 Å². The molecule has 2 heterocycles. The molecule has 154 valence electrons. The largest absolute Gasteiger partial charge is 0.507 e. The van der Waals surface area contributed by atoms with Crippen LogP contribution in [-0.4, -0.2) is 23.9 Å². The number of amides is 1. The van der Waals surface area contributed by atoms with E-state index < -0.39 is 17.7 Å². The summed E-state index contributed by atoms with van der Waals surface area (Å²) in [5.74, 6) is -1.20. The lowest BCUT2D eigenvalue weighted by atomic mass is 9.99. The summed E-state index contributed by atoms with van der Waals surface area (Å²) in [4.78, 5) is 28.2. The van der Waals surface area contributed by atoms with Crippen LogP contribution in [-0.2, 0) is 9.59 Å². The van der Waals surface area contributed by atoms with Gasteiger partial charge in [0.2, 0.25) is 0 Å². The van der Waals surface area contributed by atoms with Crippen molar-refractivity contribution in [2.24, 2.45) is 0 Å². The highest BCUT2D eigenvalue weighted by atomic mass is 79.9. The van der Waals surface area contributed by atoms with E-state index in [1.54, 1.807) is 42.5 Å². The molecule has 2 aromatic carbocycles. The van der Waals surface area contributed by atoms with Gasteiger partial charge in [-0.15, -0.1) is 11.3 Å². The summed E-state index contributed by atoms with van der Waals surface area (Å²) in [6.45, 7) is 0. The molecule has 1 atom stereocenters. The fourth-order valence-corrected chi connectivity index (χ4v) is 4.84. The summed E-state index contributed by atoms with van der Waals surface area (Å²) in [5.41, 5.74) is 1.30. The van der Waals surface area contributed by atoms with Gasteiger partial charge in [0.05, 0.1) is 28.8 Å². The Morgan fingerprint density at radius 3 is 2.52 bits per heavy atom. The van der Waals surface area contributed by atoms with Gasteiger partial charge in [0, 0.05) is 16.1 Å². The predicted molar refractivity (Wildman–Crippen MR) is 121 cm³/mol. The molecule has 8 heteroatoms. The molecule has 0 radical (unpaired) electrons. The number of carbonyl (C=O) groups is 2. The molecule has 1 aromatic heterocycles. The average molecular weight is 495 g/mol. The fraction of sp³-hybridized carbons (Fsp3) is 0.0870. The van der Waals surface area contributed by atoms with E-state index in [4.69, 9.17) is 10.00 Å². The predicted octanol–water partition coefficient (Wildman–Crippen LogP) is 5.02. The fourth-order valence-electron chi connectivity index (χ4n) is 3.48. The van der Waals surface area contributed by atoms with E-state index in [-0.39, 0.29) is 11.3 Å². The van der Waals surface area contributed by atoms with Crippen LogP contribution >= 0.6 is 27.3 Å². The molecule has 3 aromatic rings. The van der Waals surface area contributed by atoms with E-state index in [1.165, 1.54) is 23.3 Å². The molecule has 1 unspecified atom stereocenters. The number of nitriles is 1. The number of nitrogens with zero attached hydrogens (tertiary/aromatic N) is 2. The number of Topliss-reactive ketones (excluding diaryl/α,β-unsaturated/α-hetero) is 1. The zero-order valence-corrected chi connectivity index (χ0v) is 18.6. The second-order valence-corrected chi connectivity index (χ2v) is 8.53. The number of aliphatic hydroxyl groups excluding tert-OH is 1. The number of aliphatic hydroxyl groups is 1. The number of benzene rings is 2. The topological polar surface area (TPSA) is 90.6 Å². The van der Waals surface area contributed by atoms with Crippen molar-refractivity contribution in [3.05, 3.63) is 86.0 Å². The van der Waals surface area contributed by atoms with Gasteiger partial charge in [-0.1, -0.05) is 6.07 Å². The number of anilines is 1. The quantitative estimate of drug-likeness (QED) is 0.312. The Balaban J connectivity index is 1.89. The Morgan fingerprint density at radius 1 is 1.19 bits per heavy atom. The molecule has 1 amide bonds. The molecule has 1 saturated heterocycles. The van der Waals surface area contributed by atoms with Crippen molar-refractivity contribution in [3.63, 3.8) is 0 Å². The molecule has 1 aliphatic rings. The first-order valence-corrected chi connectivity index (χ1v) is 10.8. The zero-order chi connectivity index (χ0) is 22.1. The Labute approximate surface area is 190 Å². The molecular formula is C23H15BrN2O4S. The van der Waals surface area contributed by atoms with Crippen molar-refractivity contribution >= 4 is 50.4 Å². The summed E-state index contributed by atoms with van der Waals surface area (Å²) in [6.07, 6.45) is 0. The number of methoxy groups -OCH3 is 1. The third-order valence-electron chi connectivity index (χ3n) is 4.96. The van der Waals surface area contributed by atoms with Crippen molar-refractivity contribution in [2.45, 2.75) is 6.04 Å². The second-order valence-electron chi connectivity index (χ2n) is 6.69. The molecule has 0 bridgehead atoms. The highest BCUT2D eigenvalue weighted by Gasteiger charge is 2.47. The highest BCUT2D eigenvalue weighted by Crippen LogP contribution is 2.44. The van der Waals surface area contributed by atoms with Crippen LogP contribution in [0.3, 0.4) is 0 Å². The van der Waals surface area contributed by atoms with Crippen molar-refractivity contribution in [2.75, 3.05) is 12.0 Å². The number of carbonyl (C=O) groups excluding carboxylic acids is 2. The molecule has 0 aliphatic carbocycles. The first-order valence-electron chi connectivity index (χ1n) is 9.14. The van der Waals surface area contributed by atoms with Gasteiger partial charge in [0.15, 0.2) is 0 Å². The van der Waals surface area contributed by atoms with Crippen LogP contribution in [0.5, 0.6) is 5.75 Å². The van der Waals surface area contributed by atoms with Crippen molar-refractivity contribution < 1.29 is 19.4 Å². The number of halogens is 1. The SMILES string of the molecule is COc1ccc(/C(O)=C2/C(=O)C(=O)N(c3ccc(C#N)cc3)C2c2cccs2)cc1Br. The Kier molecular flexibility index (Phi) is 5.63. The van der Waals surface area contributed by atoms with Crippen molar-refractivity contribution in [1.82, 2.24) is 0 Å². The van der Waals surface area contributed by atoms with E-state index in [9.17, 15) is 14.7 Å². The molecule has 1 aliphatic heterocycles. The lowest BCUT2D eigenvalue weighted by Crippen LogP contribution is -2.29. The van der Waals surface area contributed by atoms with E-state index >= 15 is 0 Å². The van der Waals surface area contributed by atoms with E-state index in [1.807, 2.05) is 23.6 Å². The van der Waals surface area contributed by atoms with Crippen LogP contribution in [0.25, 0.3) is 5.76 Å². The standard InChI is InChI=1S/C23H15BrN2O4S/c1-30-17-9-6-14(11-16(17)24)21(27)19-20(18-3-2-10-31-18)26(23(29)22(19)28)15-7-4-13(12-25)5-8-15/h2-11,20,27H,1H3/b21-19-. The number of hydrogen-bond donors (Lipinski definition) is 1. The molecule has 1 N–H and O–H groups in total. The maximum absolute atomic E-state index is 13.0.